The molecule has 0 unspecified atom stereocenters. The second-order valence-electron chi connectivity index (χ2n) is 14.1. The van der Waals surface area contributed by atoms with Crippen LogP contribution in [0.3, 0.4) is 0 Å². The Bertz CT molecular complexity index is 2750. The van der Waals surface area contributed by atoms with E-state index in [0.29, 0.717) is 6.42 Å². The van der Waals surface area contributed by atoms with Gasteiger partial charge in [0.15, 0.2) is 76.4 Å². The Morgan fingerprint density at radius 1 is 0.373 bits per heavy atom. The van der Waals surface area contributed by atoms with Gasteiger partial charge in [-0.3, -0.25) is 0 Å². The zero-order valence-corrected chi connectivity index (χ0v) is 32.7. The number of rotatable bonds is 9. The lowest BCUT2D eigenvalue weighted by Gasteiger charge is -2.44. The molecular weight excluding hydrogens is 949 g/mol. The Kier molecular flexibility index (Phi) is 14.1. The summed E-state index contributed by atoms with van der Waals surface area (Å²) in [7, 11) is 0. The van der Waals surface area contributed by atoms with Crippen molar-refractivity contribution in [3.05, 3.63) is 200 Å². The third kappa shape index (κ3) is 8.11. The zero-order valence-electron chi connectivity index (χ0n) is 32.7. The fourth-order valence-electron chi connectivity index (χ4n) is 7.52. The summed E-state index contributed by atoms with van der Waals surface area (Å²) in [5.74, 6) is -71.4. The molecule has 0 radical (unpaired) electrons. The first-order valence-corrected chi connectivity index (χ1v) is 18.5. The second-order valence-corrected chi connectivity index (χ2v) is 14.1. The lowest BCUT2D eigenvalue weighted by atomic mass is 9.12. The van der Waals surface area contributed by atoms with E-state index in [2.05, 4.69) is 71.3 Å². The lowest BCUT2D eigenvalue weighted by molar-refractivity contribution is -0.664. The van der Waals surface area contributed by atoms with Crippen molar-refractivity contribution in [3.63, 3.8) is 0 Å². The molecule has 7 aromatic rings. The Hall–Kier alpha value is -6.91. The topological polar surface area (TPSA) is 24.1 Å². The molecule has 0 aliphatic heterocycles. The van der Waals surface area contributed by atoms with Gasteiger partial charge in [-0.25, -0.2) is 87.8 Å². The minimum atomic E-state index is -7.22. The van der Waals surface area contributed by atoms with Crippen LogP contribution in [-0.4, -0.2) is 17.9 Å². The number of aliphatic hydroxyl groups excluding tert-OH is 1. The van der Waals surface area contributed by atoms with Crippen molar-refractivity contribution in [2.75, 3.05) is 6.61 Å². The molecule has 0 atom stereocenters. The van der Waals surface area contributed by atoms with E-state index in [1.54, 1.807) is 0 Å². The van der Waals surface area contributed by atoms with Gasteiger partial charge in [0.25, 0.3) is 0 Å². The minimum Gasteiger partial charge on any atom is -0.396 e. The number of aromatic nitrogens is 1. The van der Waals surface area contributed by atoms with Crippen LogP contribution in [-0.2, 0) is 6.54 Å². The Morgan fingerprint density at radius 3 is 1.03 bits per heavy atom. The summed E-state index contributed by atoms with van der Waals surface area (Å²) < 4.78 is 296. The van der Waals surface area contributed by atoms with E-state index in [0.717, 1.165) is 12.2 Å². The molecule has 67 heavy (non-hydrogen) atoms. The maximum absolute atomic E-state index is 15.4. The summed E-state index contributed by atoms with van der Waals surface area (Å²) in [4.78, 5) is 0. The van der Waals surface area contributed by atoms with E-state index in [1.807, 2.05) is 12.1 Å². The van der Waals surface area contributed by atoms with Gasteiger partial charge in [-0.05, 0) is 18.6 Å². The van der Waals surface area contributed by atoms with Gasteiger partial charge in [-0.2, -0.15) is 4.57 Å². The zero-order chi connectivity index (χ0) is 49.6. The maximum Gasteiger partial charge on any atom is 0.213 e. The molecule has 23 heteroatoms. The number of pyridine rings is 1. The number of hydrogen-bond donors (Lipinski definition) is 1. The fourth-order valence-corrected chi connectivity index (χ4v) is 7.52. The molecule has 6 aromatic carbocycles. The third-order valence-corrected chi connectivity index (χ3v) is 10.4. The number of para-hydroxylation sites is 1. The molecule has 0 aliphatic rings. The quantitative estimate of drug-likeness (QED) is 0.0504. The molecule has 7 rings (SSSR count). The van der Waals surface area contributed by atoms with Crippen molar-refractivity contribution in [1.29, 1.82) is 0 Å². The van der Waals surface area contributed by atoms with Gasteiger partial charge in [-0.15, -0.1) is 21.9 Å². The van der Waals surface area contributed by atoms with Crippen LogP contribution in [0.2, 0.25) is 0 Å². The molecule has 1 heterocycles. The molecule has 350 valence electrons. The number of hydrogen-bond acceptors (Lipinski definition) is 1. The van der Waals surface area contributed by atoms with Crippen LogP contribution in [0.1, 0.15) is 17.7 Å². The standard InChI is InChI=1S/C24BF20.C20H20NO/c26-5-1(6(27)14(35)21(42)13(5)34)25(2-7(28)15(36)22(43)16(37)8(2)29,3-9(30)17(38)23(44)18(39)10(3)31)4-11(32)19(40)24(45)20(41)12(4)33;22-15-7-6-11-19-14-13-18-10-4-5-12-20(18)21(19)16-17-8-2-1-3-9-17/h;1-6,8-14,22H,7,15-16H2/q-1;+1. The predicted octanol–water partition coefficient (Wildman–Crippen LogP) is 9.42. The van der Waals surface area contributed by atoms with Crippen LogP contribution in [0.4, 0.5) is 87.8 Å². The molecule has 0 saturated carbocycles. The van der Waals surface area contributed by atoms with Crippen molar-refractivity contribution in [3.8, 4) is 0 Å². The first-order valence-electron chi connectivity index (χ1n) is 18.5. The van der Waals surface area contributed by atoms with E-state index in [-0.39, 0.29) is 6.61 Å². The van der Waals surface area contributed by atoms with Crippen LogP contribution < -0.4 is 26.4 Å². The Labute approximate surface area is 362 Å². The summed E-state index contributed by atoms with van der Waals surface area (Å²) in [5, 5.41) is 10.2. The third-order valence-electron chi connectivity index (χ3n) is 10.4. The molecule has 2 nitrogen and oxygen atoms in total. The molecule has 0 aliphatic carbocycles. The average molecular weight is 969 g/mol. The van der Waals surface area contributed by atoms with Crippen LogP contribution in [0.15, 0.2) is 72.8 Å². The Morgan fingerprint density at radius 2 is 0.687 bits per heavy atom. The highest BCUT2D eigenvalue weighted by atomic mass is 19.2. The fraction of sp³-hybridized carbons (Fsp3) is 0.0682. The van der Waals surface area contributed by atoms with Gasteiger partial charge in [0.05, 0.1) is 0 Å². The van der Waals surface area contributed by atoms with Gasteiger partial charge >= 0.3 is 0 Å². The lowest BCUT2D eigenvalue weighted by Crippen LogP contribution is -2.81. The number of aliphatic hydroxyl groups is 1. The van der Waals surface area contributed by atoms with Crippen LogP contribution in [0.5, 0.6) is 0 Å². The molecule has 0 fully saturated rings. The van der Waals surface area contributed by atoms with E-state index in [1.165, 1.54) is 16.5 Å². The molecule has 0 spiro atoms. The summed E-state index contributed by atoms with van der Waals surface area (Å²) >= 11 is 0. The molecule has 0 amide bonds. The largest absolute Gasteiger partial charge is 0.396 e. The molecule has 0 bridgehead atoms. The van der Waals surface area contributed by atoms with Crippen molar-refractivity contribution in [2.45, 2.75) is 13.0 Å². The van der Waals surface area contributed by atoms with E-state index in [9.17, 15) is 52.7 Å². The van der Waals surface area contributed by atoms with Gasteiger partial charge in [0, 0.05) is 35.8 Å². The predicted molar refractivity (Wildman–Crippen MR) is 200 cm³/mol. The normalized spacial score (nSPS) is 11.8. The maximum atomic E-state index is 15.4. The average Bonchev–Trinajstić information content (AvgIpc) is 3.32. The summed E-state index contributed by atoms with van der Waals surface area (Å²) in [5.41, 5.74) is -10.7. The smallest absolute Gasteiger partial charge is 0.213 e. The summed E-state index contributed by atoms with van der Waals surface area (Å²) in [6, 6.07) is 23.2. The molecule has 1 N–H and O–H groups in total. The van der Waals surface area contributed by atoms with Crippen molar-refractivity contribution in [1.82, 2.24) is 0 Å². The highest BCUT2D eigenvalue weighted by Gasteiger charge is 2.52. The van der Waals surface area contributed by atoms with E-state index in [4.69, 9.17) is 5.11 Å². The number of halogens is 20. The molecular formula is C44H20BF20NO. The first-order chi connectivity index (χ1) is 31.6. The summed E-state index contributed by atoms with van der Waals surface area (Å²) in [6.45, 7) is 1.02. The van der Waals surface area contributed by atoms with E-state index >= 15 is 35.1 Å². The first kappa shape index (κ1) is 49.5. The van der Waals surface area contributed by atoms with Gasteiger partial charge in [-0.1, -0.05) is 48.5 Å². The number of benzene rings is 6. The summed E-state index contributed by atoms with van der Waals surface area (Å²) in [6.07, 6.45) is -2.43. The van der Waals surface area contributed by atoms with Crippen LogP contribution in [0.25, 0.3) is 17.0 Å². The van der Waals surface area contributed by atoms with Crippen molar-refractivity contribution in [2.24, 2.45) is 0 Å². The second kappa shape index (κ2) is 19.1. The number of nitrogens with zero attached hydrogens (tertiary/aromatic N) is 1. The monoisotopic (exact) mass is 969 g/mol. The van der Waals surface area contributed by atoms with E-state index < -0.39 is 144 Å². The van der Waals surface area contributed by atoms with Crippen molar-refractivity contribution >= 4 is 45.0 Å². The van der Waals surface area contributed by atoms with Crippen LogP contribution >= 0.6 is 0 Å². The Balaban J connectivity index is 0.000000279. The highest BCUT2D eigenvalue weighted by Crippen LogP contribution is 2.31. The minimum absolute atomic E-state index is 0.183. The molecule has 0 saturated heterocycles. The van der Waals surface area contributed by atoms with Gasteiger partial charge < -0.3 is 5.11 Å². The molecule has 1 aromatic heterocycles. The van der Waals surface area contributed by atoms with Crippen LogP contribution in [0, 0.1) is 116 Å². The van der Waals surface area contributed by atoms with Gasteiger partial charge in [0.2, 0.25) is 11.2 Å². The van der Waals surface area contributed by atoms with Gasteiger partial charge in [0.1, 0.15) is 52.7 Å². The van der Waals surface area contributed by atoms with Crippen molar-refractivity contribution < 1.29 is 97.5 Å². The SMILES string of the molecule is Fc1c(F)c(F)c([B-](c2c(F)c(F)c(F)c(F)c2F)(c2c(F)c(F)c(F)c(F)c2F)c2c(F)c(F)c(F)c(F)c2F)c(F)c1F.OCCC=Cc1ccc2ccccc2[n+]1Cc1ccccc1. The number of fused-ring (bicyclic) bond motifs is 1. The highest BCUT2D eigenvalue weighted by molar-refractivity contribution is 7.20.